The summed E-state index contributed by atoms with van der Waals surface area (Å²) in [6.45, 7) is 4.21. The van der Waals surface area contributed by atoms with Gasteiger partial charge in [-0.25, -0.2) is 4.39 Å². The number of carbonyl (C=O) groups is 1. The van der Waals surface area contributed by atoms with Crippen LogP contribution < -0.4 is 14.8 Å². The number of ether oxygens (including phenoxy) is 2. The molecule has 0 bridgehead atoms. The van der Waals surface area contributed by atoms with E-state index in [0.717, 1.165) is 23.5 Å². The van der Waals surface area contributed by atoms with Crippen molar-refractivity contribution in [1.29, 1.82) is 0 Å². The molecule has 1 saturated heterocycles. The third-order valence-electron chi connectivity index (χ3n) is 5.77. The summed E-state index contributed by atoms with van der Waals surface area (Å²) in [5.41, 5.74) is 3.94. The predicted octanol–water partition coefficient (Wildman–Crippen LogP) is 4.67. The molecule has 2 aliphatic heterocycles. The first-order chi connectivity index (χ1) is 15.5. The van der Waals surface area contributed by atoms with E-state index in [1.54, 1.807) is 24.3 Å². The molecule has 164 valence electrons. The average Bonchev–Trinajstić information content (AvgIpc) is 3.28. The standard InChI is InChI=1S/C25H24FN3O3/c1-16-11-21(28-20-4-2-3-19(26)13-20)14-22(27-16)18-7-8-29(15-18)25(30)17-5-6-23-24(12-17)32-10-9-31-23/h2-6,11-14,18H,7-10,15H2,1H3,(H,27,28)/t18-/m0/s1. The lowest BCUT2D eigenvalue weighted by atomic mass is 10.0. The maximum Gasteiger partial charge on any atom is 0.254 e. The zero-order chi connectivity index (χ0) is 22.1. The van der Waals surface area contributed by atoms with Gasteiger partial charge < -0.3 is 19.7 Å². The first-order valence-electron chi connectivity index (χ1n) is 10.8. The van der Waals surface area contributed by atoms with Crippen molar-refractivity contribution in [2.24, 2.45) is 0 Å². The Labute approximate surface area is 186 Å². The zero-order valence-corrected chi connectivity index (χ0v) is 17.8. The highest BCUT2D eigenvalue weighted by Gasteiger charge is 2.30. The second kappa shape index (κ2) is 8.49. The van der Waals surface area contributed by atoms with Gasteiger partial charge in [0, 0.05) is 47.3 Å². The number of pyridine rings is 1. The maximum absolute atomic E-state index is 13.5. The van der Waals surface area contributed by atoms with E-state index in [1.807, 2.05) is 30.0 Å². The van der Waals surface area contributed by atoms with Gasteiger partial charge in [-0.15, -0.1) is 0 Å². The molecule has 1 aromatic heterocycles. The van der Waals surface area contributed by atoms with Gasteiger partial charge in [-0.1, -0.05) is 6.07 Å². The van der Waals surface area contributed by atoms with Crippen molar-refractivity contribution < 1.29 is 18.7 Å². The van der Waals surface area contributed by atoms with Crippen molar-refractivity contribution in [2.45, 2.75) is 19.3 Å². The van der Waals surface area contributed by atoms with E-state index in [-0.39, 0.29) is 17.6 Å². The number of likely N-dealkylation sites (tertiary alicyclic amines) is 1. The number of amides is 1. The van der Waals surface area contributed by atoms with Crippen LogP contribution in [0.5, 0.6) is 11.5 Å². The summed E-state index contributed by atoms with van der Waals surface area (Å²) in [6.07, 6.45) is 0.839. The number of nitrogens with one attached hydrogen (secondary N) is 1. The molecule has 1 atom stereocenters. The number of halogens is 1. The highest BCUT2D eigenvalue weighted by molar-refractivity contribution is 5.95. The largest absolute Gasteiger partial charge is 0.486 e. The number of anilines is 2. The number of aromatic nitrogens is 1. The molecule has 2 aliphatic rings. The molecule has 3 heterocycles. The fraction of sp³-hybridized carbons (Fsp3) is 0.280. The molecule has 1 amide bonds. The van der Waals surface area contributed by atoms with Gasteiger partial charge >= 0.3 is 0 Å². The second-order valence-corrected chi connectivity index (χ2v) is 8.15. The zero-order valence-electron chi connectivity index (χ0n) is 17.8. The number of hydrogen-bond acceptors (Lipinski definition) is 5. The third kappa shape index (κ3) is 4.23. The van der Waals surface area contributed by atoms with Crippen LogP contribution in [0.1, 0.15) is 34.1 Å². The summed E-state index contributed by atoms with van der Waals surface area (Å²) in [5, 5.41) is 3.25. The van der Waals surface area contributed by atoms with Gasteiger partial charge in [0.15, 0.2) is 11.5 Å². The van der Waals surface area contributed by atoms with E-state index in [1.165, 1.54) is 12.1 Å². The Hall–Kier alpha value is -3.61. The Morgan fingerprint density at radius 3 is 2.75 bits per heavy atom. The number of fused-ring (bicyclic) bond motifs is 1. The summed E-state index contributed by atoms with van der Waals surface area (Å²) in [5.74, 6) is 1.13. The number of rotatable bonds is 4. The van der Waals surface area contributed by atoms with Crippen LogP contribution in [0.25, 0.3) is 0 Å². The minimum Gasteiger partial charge on any atom is -0.486 e. The van der Waals surface area contributed by atoms with E-state index in [2.05, 4.69) is 5.32 Å². The Morgan fingerprint density at radius 2 is 1.91 bits per heavy atom. The van der Waals surface area contributed by atoms with Crippen LogP contribution in [0.3, 0.4) is 0 Å². The van der Waals surface area contributed by atoms with Gasteiger partial charge in [-0.05, 0) is 61.9 Å². The summed E-state index contributed by atoms with van der Waals surface area (Å²) >= 11 is 0. The van der Waals surface area contributed by atoms with Gasteiger partial charge in [0.1, 0.15) is 19.0 Å². The van der Waals surface area contributed by atoms with Crippen molar-refractivity contribution in [3.05, 3.63) is 77.4 Å². The third-order valence-corrected chi connectivity index (χ3v) is 5.77. The van der Waals surface area contributed by atoms with E-state index in [9.17, 15) is 9.18 Å². The van der Waals surface area contributed by atoms with Crippen LogP contribution in [-0.2, 0) is 0 Å². The van der Waals surface area contributed by atoms with Gasteiger partial charge in [0.05, 0.1) is 0 Å². The molecular weight excluding hydrogens is 409 g/mol. The molecule has 0 unspecified atom stereocenters. The fourth-order valence-corrected chi connectivity index (χ4v) is 4.25. The average molecular weight is 433 g/mol. The Balaban J connectivity index is 1.31. The normalized spacial score (nSPS) is 17.3. The molecule has 0 aliphatic carbocycles. The lowest BCUT2D eigenvalue weighted by molar-refractivity contribution is 0.0789. The van der Waals surface area contributed by atoms with Crippen molar-refractivity contribution in [3.63, 3.8) is 0 Å². The number of aryl methyl sites for hydroxylation is 1. The number of carbonyl (C=O) groups excluding carboxylic acids is 1. The van der Waals surface area contributed by atoms with Gasteiger partial charge in [-0.3, -0.25) is 9.78 Å². The minimum atomic E-state index is -0.287. The highest BCUT2D eigenvalue weighted by atomic mass is 19.1. The summed E-state index contributed by atoms with van der Waals surface area (Å²) in [7, 11) is 0. The Kier molecular flexibility index (Phi) is 5.39. The van der Waals surface area contributed by atoms with E-state index in [0.29, 0.717) is 49.1 Å². The predicted molar refractivity (Wildman–Crippen MR) is 119 cm³/mol. The number of nitrogens with zero attached hydrogens (tertiary/aromatic N) is 2. The first-order valence-corrected chi connectivity index (χ1v) is 10.8. The Bertz CT molecular complexity index is 1170. The van der Waals surface area contributed by atoms with Crippen LogP contribution in [0, 0.1) is 12.7 Å². The summed E-state index contributed by atoms with van der Waals surface area (Å²) in [6, 6.07) is 15.6. The van der Waals surface area contributed by atoms with E-state index < -0.39 is 0 Å². The topological polar surface area (TPSA) is 63.7 Å². The van der Waals surface area contributed by atoms with Gasteiger partial charge in [0.25, 0.3) is 5.91 Å². The van der Waals surface area contributed by atoms with Crippen LogP contribution in [0.15, 0.2) is 54.6 Å². The molecule has 1 fully saturated rings. The van der Waals surface area contributed by atoms with Crippen LogP contribution in [0.2, 0.25) is 0 Å². The molecule has 6 nitrogen and oxygen atoms in total. The van der Waals surface area contributed by atoms with E-state index in [4.69, 9.17) is 14.5 Å². The minimum absolute atomic E-state index is 0.0183. The molecule has 0 spiro atoms. The van der Waals surface area contributed by atoms with Gasteiger partial charge in [0.2, 0.25) is 0 Å². The lowest BCUT2D eigenvalue weighted by Gasteiger charge is -2.21. The molecule has 2 aromatic carbocycles. The van der Waals surface area contributed by atoms with Crippen molar-refractivity contribution in [2.75, 3.05) is 31.6 Å². The summed E-state index contributed by atoms with van der Waals surface area (Å²) < 4.78 is 24.7. The quantitative estimate of drug-likeness (QED) is 0.648. The molecule has 0 saturated carbocycles. The lowest BCUT2D eigenvalue weighted by Crippen LogP contribution is -2.28. The molecular formula is C25H24FN3O3. The molecule has 1 N–H and O–H groups in total. The fourth-order valence-electron chi connectivity index (χ4n) is 4.25. The molecule has 3 aromatic rings. The number of benzene rings is 2. The molecule has 32 heavy (non-hydrogen) atoms. The van der Waals surface area contributed by atoms with Crippen LogP contribution in [0.4, 0.5) is 15.8 Å². The first kappa shape index (κ1) is 20.3. The SMILES string of the molecule is Cc1cc(Nc2cccc(F)c2)cc([C@H]2CCN(C(=O)c3ccc4c(c3)OCCO4)C2)n1. The van der Waals surface area contributed by atoms with Crippen molar-refractivity contribution >= 4 is 17.3 Å². The smallest absolute Gasteiger partial charge is 0.254 e. The van der Waals surface area contributed by atoms with Crippen molar-refractivity contribution in [1.82, 2.24) is 9.88 Å². The Morgan fingerprint density at radius 1 is 1.06 bits per heavy atom. The molecule has 5 rings (SSSR count). The summed E-state index contributed by atoms with van der Waals surface area (Å²) in [4.78, 5) is 19.6. The van der Waals surface area contributed by atoms with Gasteiger partial charge in [-0.2, -0.15) is 0 Å². The maximum atomic E-state index is 13.5. The molecule has 0 radical (unpaired) electrons. The monoisotopic (exact) mass is 433 g/mol. The van der Waals surface area contributed by atoms with Crippen LogP contribution in [-0.4, -0.2) is 42.1 Å². The van der Waals surface area contributed by atoms with Crippen molar-refractivity contribution in [3.8, 4) is 11.5 Å². The highest BCUT2D eigenvalue weighted by Crippen LogP contribution is 2.33. The van der Waals surface area contributed by atoms with Crippen LogP contribution >= 0.6 is 0 Å². The number of hydrogen-bond donors (Lipinski definition) is 1. The second-order valence-electron chi connectivity index (χ2n) is 8.15. The molecule has 7 heteroatoms. The van der Waals surface area contributed by atoms with E-state index >= 15 is 0 Å².